The highest BCUT2D eigenvalue weighted by Gasteiger charge is 2.34. The molecule has 3 heterocycles. The lowest BCUT2D eigenvalue weighted by atomic mass is 9.89. The zero-order valence-electron chi connectivity index (χ0n) is 19.3. The number of likely N-dealkylation sites (tertiary alicyclic amines) is 1. The predicted octanol–water partition coefficient (Wildman–Crippen LogP) is 4.65. The Bertz CT molecular complexity index is 1160. The number of hydrogen-bond acceptors (Lipinski definition) is 5. The number of amides is 1. The summed E-state index contributed by atoms with van der Waals surface area (Å²) in [7, 11) is 0. The van der Waals surface area contributed by atoms with Crippen molar-refractivity contribution in [3.05, 3.63) is 65.4 Å². The number of alkyl halides is 3. The number of benzene rings is 1. The van der Waals surface area contributed by atoms with Crippen molar-refractivity contribution in [1.82, 2.24) is 24.6 Å². The topological polar surface area (TPSA) is 75.9 Å². The molecule has 1 aromatic carbocycles. The molecule has 3 aromatic rings. The van der Waals surface area contributed by atoms with Gasteiger partial charge in [0.25, 0.3) is 5.91 Å². The molecular weight excluding hydrogens is 445 g/mol. The highest BCUT2D eigenvalue weighted by molar-refractivity contribution is 5.98. The molecule has 0 saturated carbocycles. The van der Waals surface area contributed by atoms with Gasteiger partial charge in [0.2, 0.25) is 0 Å². The normalized spacial score (nSPS) is 18.7. The maximum absolute atomic E-state index is 13.8. The molecule has 1 amide bonds. The van der Waals surface area contributed by atoms with Crippen LogP contribution in [0.15, 0.2) is 42.9 Å². The quantitative estimate of drug-likeness (QED) is 0.585. The molecule has 0 bridgehead atoms. The number of piperidine rings is 1. The molecule has 2 aromatic heterocycles. The molecule has 34 heavy (non-hydrogen) atoms. The maximum atomic E-state index is 13.8. The fraction of sp³-hybridized carbons (Fsp3) is 0.417. The summed E-state index contributed by atoms with van der Waals surface area (Å²) in [5, 5.41) is 7.49. The summed E-state index contributed by atoms with van der Waals surface area (Å²) in [5.74, 6) is 1.05. The predicted molar refractivity (Wildman–Crippen MR) is 122 cm³/mol. The largest absolute Gasteiger partial charge is 0.417 e. The molecule has 1 aliphatic rings. The number of nitrogens with zero attached hydrogens (tertiary/aromatic N) is 5. The number of halogens is 3. The van der Waals surface area contributed by atoms with Crippen LogP contribution in [0, 0.1) is 19.8 Å². The molecule has 180 valence electrons. The third-order valence-corrected chi connectivity index (χ3v) is 6.20. The number of carbonyl (C=O) groups excluding carboxylic acids is 1. The molecule has 7 nitrogen and oxygen atoms in total. The van der Waals surface area contributed by atoms with Crippen LogP contribution in [0.5, 0.6) is 0 Å². The fourth-order valence-corrected chi connectivity index (χ4v) is 4.33. The van der Waals surface area contributed by atoms with Gasteiger partial charge in [-0.3, -0.25) is 4.79 Å². The summed E-state index contributed by atoms with van der Waals surface area (Å²) in [6, 6.07) is 7.82. The first-order chi connectivity index (χ1) is 16.1. The Balaban J connectivity index is 1.57. The molecular formula is C24H27F3N6O. The van der Waals surface area contributed by atoms with Crippen molar-refractivity contribution in [2.45, 2.75) is 45.8 Å². The van der Waals surface area contributed by atoms with Crippen LogP contribution in [0.4, 0.5) is 19.0 Å². The number of hydrogen-bond donors (Lipinski definition) is 1. The summed E-state index contributed by atoms with van der Waals surface area (Å²) < 4.78 is 40.1. The standard InChI is InChI=1S/C24H27F3N6O/c1-15-6-8-20(33-14-30-17(3)31-33)19(11-15)23(34)32-10-4-5-16(2)21(32)13-29-22-9-7-18(12-28-22)24(25,26)27/h6-9,11-12,14,16,21H,4-5,10,13H2,1-3H3,(H,28,29). The Morgan fingerprint density at radius 1 is 1.18 bits per heavy atom. The van der Waals surface area contributed by atoms with Gasteiger partial charge in [0, 0.05) is 19.3 Å². The van der Waals surface area contributed by atoms with Gasteiger partial charge in [-0.05, 0) is 56.9 Å². The van der Waals surface area contributed by atoms with Crippen LogP contribution in [0.25, 0.3) is 5.69 Å². The van der Waals surface area contributed by atoms with Crippen molar-refractivity contribution in [2.75, 3.05) is 18.4 Å². The number of aryl methyl sites for hydroxylation is 2. The second kappa shape index (κ2) is 9.44. The lowest BCUT2D eigenvalue weighted by Gasteiger charge is -2.40. The first kappa shape index (κ1) is 23.7. The van der Waals surface area contributed by atoms with Crippen LogP contribution >= 0.6 is 0 Å². The smallest absolute Gasteiger partial charge is 0.368 e. The van der Waals surface area contributed by atoms with E-state index in [1.165, 1.54) is 6.07 Å². The fourth-order valence-electron chi connectivity index (χ4n) is 4.33. The molecule has 2 unspecified atom stereocenters. The molecule has 1 fully saturated rings. The second-order valence-electron chi connectivity index (χ2n) is 8.75. The van der Waals surface area contributed by atoms with E-state index in [1.54, 1.807) is 17.9 Å². The molecule has 1 N–H and O–H groups in total. The van der Waals surface area contributed by atoms with Crippen molar-refractivity contribution >= 4 is 11.7 Å². The zero-order chi connectivity index (χ0) is 24.5. The molecule has 0 spiro atoms. The van der Waals surface area contributed by atoms with Crippen LogP contribution in [0.1, 0.15) is 47.1 Å². The van der Waals surface area contributed by atoms with Crippen LogP contribution in [-0.2, 0) is 6.18 Å². The molecule has 0 aliphatic carbocycles. The Kier molecular flexibility index (Phi) is 6.58. The van der Waals surface area contributed by atoms with E-state index in [0.717, 1.165) is 30.7 Å². The van der Waals surface area contributed by atoms with Gasteiger partial charge in [-0.25, -0.2) is 14.6 Å². The van der Waals surface area contributed by atoms with Gasteiger partial charge in [0.1, 0.15) is 18.0 Å². The van der Waals surface area contributed by atoms with Crippen molar-refractivity contribution < 1.29 is 18.0 Å². The number of aromatic nitrogens is 4. The van der Waals surface area contributed by atoms with Crippen molar-refractivity contribution in [2.24, 2.45) is 5.92 Å². The average Bonchev–Trinajstić information content (AvgIpc) is 3.23. The van der Waals surface area contributed by atoms with Gasteiger partial charge in [0.15, 0.2) is 0 Å². The SMILES string of the molecule is Cc1ccc(-n2cnc(C)n2)c(C(=O)N2CCCC(C)C2CNc2ccc(C(F)(F)F)cn2)c1. The summed E-state index contributed by atoms with van der Waals surface area (Å²) in [5.41, 5.74) is 1.36. The molecule has 0 radical (unpaired) electrons. The zero-order valence-corrected chi connectivity index (χ0v) is 19.3. The highest BCUT2D eigenvalue weighted by Crippen LogP contribution is 2.30. The summed E-state index contributed by atoms with van der Waals surface area (Å²) >= 11 is 0. The minimum absolute atomic E-state index is 0.106. The van der Waals surface area contributed by atoms with E-state index in [2.05, 4.69) is 27.3 Å². The Labute approximate surface area is 196 Å². The number of pyridine rings is 1. The first-order valence-corrected chi connectivity index (χ1v) is 11.2. The molecule has 1 aliphatic heterocycles. The minimum Gasteiger partial charge on any atom is -0.368 e. The van der Waals surface area contributed by atoms with Crippen LogP contribution < -0.4 is 5.32 Å². The van der Waals surface area contributed by atoms with Crippen LogP contribution in [0.2, 0.25) is 0 Å². The molecule has 1 saturated heterocycles. The van der Waals surface area contributed by atoms with Crippen molar-refractivity contribution in [3.63, 3.8) is 0 Å². The lowest BCUT2D eigenvalue weighted by molar-refractivity contribution is -0.137. The first-order valence-electron chi connectivity index (χ1n) is 11.2. The summed E-state index contributed by atoms with van der Waals surface area (Å²) in [4.78, 5) is 23.7. The van der Waals surface area contributed by atoms with Crippen molar-refractivity contribution in [1.29, 1.82) is 0 Å². The monoisotopic (exact) mass is 472 g/mol. The van der Waals surface area contributed by atoms with Gasteiger partial charge in [-0.2, -0.15) is 18.3 Å². The third-order valence-electron chi connectivity index (χ3n) is 6.20. The summed E-state index contributed by atoms with van der Waals surface area (Å²) in [6.07, 6.45) is -0.189. The third kappa shape index (κ3) is 5.05. The molecule has 4 rings (SSSR count). The van der Waals surface area contributed by atoms with Gasteiger partial charge < -0.3 is 10.2 Å². The lowest BCUT2D eigenvalue weighted by Crippen LogP contribution is -2.51. The van der Waals surface area contributed by atoms with E-state index in [4.69, 9.17) is 0 Å². The van der Waals surface area contributed by atoms with E-state index in [0.29, 0.717) is 36.0 Å². The molecule has 10 heteroatoms. The minimum atomic E-state index is -4.43. The van der Waals surface area contributed by atoms with E-state index in [9.17, 15) is 18.0 Å². The van der Waals surface area contributed by atoms with Crippen LogP contribution in [-0.4, -0.2) is 49.7 Å². The van der Waals surface area contributed by atoms with E-state index >= 15 is 0 Å². The number of anilines is 1. The number of nitrogens with one attached hydrogen (secondary N) is 1. The maximum Gasteiger partial charge on any atom is 0.417 e. The van der Waals surface area contributed by atoms with E-state index < -0.39 is 11.7 Å². The number of rotatable bonds is 5. The summed E-state index contributed by atoms with van der Waals surface area (Å²) in [6.45, 7) is 6.79. The van der Waals surface area contributed by atoms with E-state index in [1.807, 2.05) is 30.0 Å². The van der Waals surface area contributed by atoms with Gasteiger partial charge in [-0.15, -0.1) is 0 Å². The molecule has 2 atom stereocenters. The second-order valence-corrected chi connectivity index (χ2v) is 8.75. The van der Waals surface area contributed by atoms with Crippen molar-refractivity contribution in [3.8, 4) is 5.69 Å². The number of carbonyl (C=O) groups is 1. The van der Waals surface area contributed by atoms with Gasteiger partial charge >= 0.3 is 6.18 Å². The average molecular weight is 473 g/mol. The Morgan fingerprint density at radius 2 is 1.97 bits per heavy atom. The van der Waals surface area contributed by atoms with Gasteiger partial charge in [-0.1, -0.05) is 18.6 Å². The highest BCUT2D eigenvalue weighted by atomic mass is 19.4. The Morgan fingerprint density at radius 3 is 2.62 bits per heavy atom. The van der Waals surface area contributed by atoms with E-state index in [-0.39, 0.29) is 17.9 Å². The van der Waals surface area contributed by atoms with Gasteiger partial charge in [0.05, 0.1) is 22.9 Å². The Hall–Kier alpha value is -3.43. The van der Waals surface area contributed by atoms with Crippen LogP contribution in [0.3, 0.4) is 0 Å².